The lowest BCUT2D eigenvalue weighted by Gasteiger charge is -2.23. The number of aromatic nitrogens is 2. The first-order valence-electron chi connectivity index (χ1n) is 4.26. The molecule has 1 aliphatic rings. The predicted octanol–water partition coefficient (Wildman–Crippen LogP) is -0.0616. The van der Waals surface area contributed by atoms with Crippen LogP contribution in [0.5, 0.6) is 0 Å². The quantitative estimate of drug-likeness (QED) is 0.715. The van der Waals surface area contributed by atoms with Gasteiger partial charge in [-0.05, 0) is 0 Å². The van der Waals surface area contributed by atoms with Crippen LogP contribution in [-0.2, 0) is 4.74 Å². The van der Waals surface area contributed by atoms with E-state index < -0.39 is 0 Å². The van der Waals surface area contributed by atoms with E-state index >= 15 is 0 Å². The van der Waals surface area contributed by atoms with Crippen LogP contribution < -0.4 is 10.6 Å². The fraction of sp³-hybridized carbons (Fsp3) is 0.714. The minimum Gasteiger partial charge on any atom is -0.378 e. The van der Waals surface area contributed by atoms with Gasteiger partial charge in [-0.15, -0.1) is 10.2 Å². The maximum absolute atomic E-state index is 5.32. The number of morpholine rings is 1. The number of rotatable bonds is 3. The van der Waals surface area contributed by atoms with Crippen molar-refractivity contribution in [3.63, 3.8) is 0 Å². The van der Waals surface area contributed by atoms with E-state index in [2.05, 4.69) is 20.8 Å². The van der Waals surface area contributed by atoms with Gasteiger partial charge in [0, 0.05) is 19.1 Å². The van der Waals surface area contributed by atoms with Crippen LogP contribution in [0.3, 0.4) is 0 Å². The van der Waals surface area contributed by atoms with Crippen molar-refractivity contribution in [3.05, 3.63) is 5.51 Å². The topological polar surface area (TPSA) is 59.1 Å². The highest BCUT2D eigenvalue weighted by Crippen LogP contribution is 2.07. The molecular weight excluding hydrogens is 188 g/mol. The zero-order chi connectivity index (χ0) is 8.93. The smallest absolute Gasteiger partial charge is 0.205 e. The lowest BCUT2D eigenvalue weighted by atomic mass is 10.3. The van der Waals surface area contributed by atoms with Gasteiger partial charge in [0.2, 0.25) is 5.13 Å². The van der Waals surface area contributed by atoms with Crippen LogP contribution in [0.4, 0.5) is 5.13 Å². The van der Waals surface area contributed by atoms with Crippen molar-refractivity contribution in [1.29, 1.82) is 0 Å². The summed E-state index contributed by atoms with van der Waals surface area (Å²) in [5, 5.41) is 15.0. The van der Waals surface area contributed by atoms with Crippen LogP contribution in [0, 0.1) is 0 Å². The Morgan fingerprint density at radius 2 is 2.77 bits per heavy atom. The molecule has 1 unspecified atom stereocenters. The lowest BCUT2D eigenvalue weighted by Crippen LogP contribution is -2.45. The van der Waals surface area contributed by atoms with Gasteiger partial charge in [-0.1, -0.05) is 11.3 Å². The molecule has 0 spiro atoms. The third kappa shape index (κ3) is 2.61. The molecule has 0 aromatic carbocycles. The second-order valence-electron chi connectivity index (χ2n) is 2.85. The minimum atomic E-state index is 0.387. The van der Waals surface area contributed by atoms with E-state index in [0.29, 0.717) is 6.04 Å². The molecule has 2 heterocycles. The number of ether oxygens (including phenoxy) is 1. The normalized spacial score (nSPS) is 22.9. The largest absolute Gasteiger partial charge is 0.378 e. The van der Waals surface area contributed by atoms with E-state index in [0.717, 1.165) is 31.4 Å². The maximum atomic E-state index is 5.32. The first kappa shape index (κ1) is 8.86. The molecule has 2 rings (SSSR count). The number of anilines is 1. The number of hydrogen-bond donors (Lipinski definition) is 2. The van der Waals surface area contributed by atoms with E-state index in [-0.39, 0.29) is 0 Å². The average Bonchev–Trinajstić information content (AvgIpc) is 2.69. The van der Waals surface area contributed by atoms with Crippen molar-refractivity contribution in [1.82, 2.24) is 15.5 Å². The molecule has 0 bridgehead atoms. The van der Waals surface area contributed by atoms with Crippen LogP contribution >= 0.6 is 11.3 Å². The Morgan fingerprint density at radius 3 is 3.46 bits per heavy atom. The van der Waals surface area contributed by atoms with Crippen molar-refractivity contribution in [3.8, 4) is 0 Å². The molecule has 1 fully saturated rings. The minimum absolute atomic E-state index is 0.387. The predicted molar refractivity (Wildman–Crippen MR) is 51.0 cm³/mol. The van der Waals surface area contributed by atoms with Crippen molar-refractivity contribution in [2.24, 2.45) is 0 Å². The fourth-order valence-electron chi connectivity index (χ4n) is 1.21. The van der Waals surface area contributed by atoms with Gasteiger partial charge in [-0.3, -0.25) is 0 Å². The van der Waals surface area contributed by atoms with Gasteiger partial charge in [0.05, 0.1) is 13.2 Å². The number of nitrogens with one attached hydrogen (secondary N) is 2. The van der Waals surface area contributed by atoms with Crippen molar-refractivity contribution in [2.75, 3.05) is 31.6 Å². The molecule has 0 saturated carbocycles. The maximum Gasteiger partial charge on any atom is 0.205 e. The van der Waals surface area contributed by atoms with E-state index in [1.165, 1.54) is 11.3 Å². The Balaban J connectivity index is 1.72. The molecular formula is C7H12N4OS. The molecule has 0 amide bonds. The Kier molecular flexibility index (Phi) is 3.07. The molecule has 2 N–H and O–H groups in total. The SMILES string of the molecule is c1nnc(NCC2COCCN2)s1. The molecule has 1 aromatic rings. The molecule has 1 aromatic heterocycles. The highest BCUT2D eigenvalue weighted by molar-refractivity contribution is 7.13. The van der Waals surface area contributed by atoms with Gasteiger partial charge in [-0.25, -0.2) is 0 Å². The summed E-state index contributed by atoms with van der Waals surface area (Å²) in [5.74, 6) is 0. The van der Waals surface area contributed by atoms with Gasteiger partial charge in [-0.2, -0.15) is 0 Å². The van der Waals surface area contributed by atoms with Gasteiger partial charge in [0.1, 0.15) is 5.51 Å². The summed E-state index contributed by atoms with van der Waals surface area (Å²) < 4.78 is 5.32. The fourth-order valence-corrected chi connectivity index (χ4v) is 1.67. The monoisotopic (exact) mass is 200 g/mol. The second kappa shape index (κ2) is 4.50. The standard InChI is InChI=1S/C7H12N4OS/c1-2-12-4-6(8-1)3-9-7-11-10-5-13-7/h5-6,8H,1-4H2,(H,9,11). The molecule has 1 aliphatic heterocycles. The molecule has 0 aliphatic carbocycles. The Bertz CT molecular complexity index is 235. The molecule has 1 atom stereocenters. The van der Waals surface area contributed by atoms with Gasteiger partial charge < -0.3 is 15.4 Å². The third-order valence-corrected chi connectivity index (χ3v) is 2.51. The van der Waals surface area contributed by atoms with E-state index in [1.807, 2.05) is 0 Å². The van der Waals surface area contributed by atoms with Crippen molar-refractivity contribution >= 4 is 16.5 Å². The van der Waals surface area contributed by atoms with Crippen LogP contribution in [0.15, 0.2) is 5.51 Å². The third-order valence-electron chi connectivity index (χ3n) is 1.86. The molecule has 6 heteroatoms. The summed E-state index contributed by atoms with van der Waals surface area (Å²) >= 11 is 1.51. The van der Waals surface area contributed by atoms with Crippen LogP contribution in [0.1, 0.15) is 0 Å². The molecule has 0 radical (unpaired) electrons. The van der Waals surface area contributed by atoms with Crippen molar-refractivity contribution < 1.29 is 4.74 Å². The average molecular weight is 200 g/mol. The summed E-state index contributed by atoms with van der Waals surface area (Å²) in [6.45, 7) is 3.36. The molecule has 13 heavy (non-hydrogen) atoms. The van der Waals surface area contributed by atoms with Gasteiger partial charge >= 0.3 is 0 Å². The highest BCUT2D eigenvalue weighted by atomic mass is 32.1. The first-order valence-corrected chi connectivity index (χ1v) is 5.14. The van der Waals surface area contributed by atoms with E-state index in [9.17, 15) is 0 Å². The summed E-state index contributed by atoms with van der Waals surface area (Å²) in [7, 11) is 0. The summed E-state index contributed by atoms with van der Waals surface area (Å²) in [4.78, 5) is 0. The van der Waals surface area contributed by atoms with E-state index in [4.69, 9.17) is 4.74 Å². The Hall–Kier alpha value is -0.720. The van der Waals surface area contributed by atoms with Crippen molar-refractivity contribution in [2.45, 2.75) is 6.04 Å². The Morgan fingerprint density at radius 1 is 1.77 bits per heavy atom. The molecule has 1 saturated heterocycles. The summed E-state index contributed by atoms with van der Waals surface area (Å²) in [5.41, 5.74) is 1.72. The molecule has 5 nitrogen and oxygen atoms in total. The zero-order valence-corrected chi connectivity index (χ0v) is 8.01. The number of hydrogen-bond acceptors (Lipinski definition) is 6. The van der Waals surface area contributed by atoms with Gasteiger partial charge in [0.25, 0.3) is 0 Å². The highest BCUT2D eigenvalue weighted by Gasteiger charge is 2.12. The number of nitrogens with zero attached hydrogens (tertiary/aromatic N) is 2. The van der Waals surface area contributed by atoms with Crippen LogP contribution in [0.2, 0.25) is 0 Å². The molecule has 72 valence electrons. The Labute approximate surface area is 80.5 Å². The lowest BCUT2D eigenvalue weighted by molar-refractivity contribution is 0.0806. The summed E-state index contributed by atoms with van der Waals surface area (Å²) in [6, 6.07) is 0.387. The zero-order valence-electron chi connectivity index (χ0n) is 7.19. The second-order valence-corrected chi connectivity index (χ2v) is 3.68. The van der Waals surface area contributed by atoms with E-state index in [1.54, 1.807) is 5.51 Å². The summed E-state index contributed by atoms with van der Waals surface area (Å²) in [6.07, 6.45) is 0. The van der Waals surface area contributed by atoms with Crippen LogP contribution in [0.25, 0.3) is 0 Å². The van der Waals surface area contributed by atoms with Gasteiger partial charge in [0.15, 0.2) is 0 Å². The first-order chi connectivity index (χ1) is 6.45. The van der Waals surface area contributed by atoms with Crippen LogP contribution in [-0.4, -0.2) is 42.5 Å².